The molecule has 10 heteroatoms. The molecule has 4 aromatic rings. The van der Waals surface area contributed by atoms with Gasteiger partial charge in [-0.05, 0) is 57.2 Å². The van der Waals surface area contributed by atoms with Crippen molar-refractivity contribution in [1.29, 1.82) is 0 Å². The second kappa shape index (κ2) is 13.0. The summed E-state index contributed by atoms with van der Waals surface area (Å²) in [5.41, 5.74) is 7.14. The molecule has 4 rings (SSSR count). The first-order valence-corrected chi connectivity index (χ1v) is 13.3. The van der Waals surface area contributed by atoms with Crippen LogP contribution in [0.2, 0.25) is 0 Å². The Bertz CT molecular complexity index is 1440. The largest absolute Gasteiger partial charge is 0.497 e. The Balaban J connectivity index is 1.49. The number of amides is 1. The Morgan fingerprint density at radius 3 is 2.46 bits per heavy atom. The van der Waals surface area contributed by atoms with Gasteiger partial charge in [0.25, 0.3) is 5.91 Å². The van der Waals surface area contributed by atoms with Crippen molar-refractivity contribution in [2.75, 3.05) is 19.5 Å². The first-order valence-electron chi connectivity index (χ1n) is 12.4. The SMILES string of the molecule is COc1ccc(/C(C)=N/NC(=O)[C@H](C)Sc2nnc(CNc3ccc(C)cc3)n2-c2ccccc2)c(OC)c1. The van der Waals surface area contributed by atoms with Crippen LogP contribution in [0.1, 0.15) is 30.8 Å². The normalized spacial score (nSPS) is 12.1. The third-order valence-electron chi connectivity index (χ3n) is 6.00. The molecular formula is C29H32N6O3S. The highest BCUT2D eigenvalue weighted by molar-refractivity contribution is 8.00. The molecule has 3 aromatic carbocycles. The number of hydrogen-bond donors (Lipinski definition) is 2. The lowest BCUT2D eigenvalue weighted by Gasteiger charge is -2.14. The van der Waals surface area contributed by atoms with Crippen LogP contribution in [0.5, 0.6) is 11.5 Å². The standard InChI is InChI=1S/C29H32N6O3S/c1-19-11-13-22(14-12-19)30-18-27-32-34-29(35(27)23-9-7-6-8-10-23)39-21(3)28(36)33-31-20(2)25-16-15-24(37-4)17-26(25)38-5/h6-17,21,30H,18H2,1-5H3,(H,33,36)/b31-20+/t21-/m0/s1. The number of anilines is 1. The zero-order valence-electron chi connectivity index (χ0n) is 22.6. The van der Waals surface area contributed by atoms with Gasteiger partial charge < -0.3 is 14.8 Å². The fourth-order valence-electron chi connectivity index (χ4n) is 3.78. The monoisotopic (exact) mass is 544 g/mol. The Morgan fingerprint density at radius 1 is 1.03 bits per heavy atom. The molecule has 0 aliphatic heterocycles. The Labute approximate surface area is 232 Å². The molecule has 0 bridgehead atoms. The molecule has 2 N–H and O–H groups in total. The number of nitrogens with zero attached hydrogens (tertiary/aromatic N) is 4. The van der Waals surface area contributed by atoms with Crippen molar-refractivity contribution in [3.63, 3.8) is 0 Å². The molecule has 1 amide bonds. The molecule has 0 unspecified atom stereocenters. The maximum Gasteiger partial charge on any atom is 0.253 e. The molecule has 0 radical (unpaired) electrons. The minimum atomic E-state index is -0.483. The first kappa shape index (κ1) is 27.7. The maximum atomic E-state index is 13.0. The molecule has 39 heavy (non-hydrogen) atoms. The van der Waals surface area contributed by atoms with Crippen LogP contribution in [0.15, 0.2) is 83.1 Å². The van der Waals surface area contributed by atoms with E-state index in [9.17, 15) is 4.79 Å². The lowest BCUT2D eigenvalue weighted by molar-refractivity contribution is -0.120. The van der Waals surface area contributed by atoms with Gasteiger partial charge in [-0.2, -0.15) is 5.10 Å². The lowest BCUT2D eigenvalue weighted by Crippen LogP contribution is -2.28. The van der Waals surface area contributed by atoms with E-state index >= 15 is 0 Å². The van der Waals surface area contributed by atoms with Crippen LogP contribution in [-0.2, 0) is 11.3 Å². The van der Waals surface area contributed by atoms with Gasteiger partial charge in [-0.1, -0.05) is 47.7 Å². The lowest BCUT2D eigenvalue weighted by atomic mass is 10.1. The average Bonchev–Trinajstić information content (AvgIpc) is 3.37. The second-order valence-electron chi connectivity index (χ2n) is 8.79. The van der Waals surface area contributed by atoms with Gasteiger partial charge in [-0.3, -0.25) is 9.36 Å². The zero-order chi connectivity index (χ0) is 27.8. The molecule has 0 spiro atoms. The summed E-state index contributed by atoms with van der Waals surface area (Å²) in [6.07, 6.45) is 0. The number of thioether (sulfide) groups is 1. The third-order valence-corrected chi connectivity index (χ3v) is 7.04. The number of rotatable bonds is 11. The van der Waals surface area contributed by atoms with Crippen molar-refractivity contribution in [3.8, 4) is 17.2 Å². The van der Waals surface area contributed by atoms with Crippen LogP contribution >= 0.6 is 11.8 Å². The number of hydrazone groups is 1. The van der Waals surface area contributed by atoms with Gasteiger partial charge in [0.05, 0.1) is 31.7 Å². The number of aromatic nitrogens is 3. The average molecular weight is 545 g/mol. The van der Waals surface area contributed by atoms with Crippen molar-refractivity contribution in [2.45, 2.75) is 37.7 Å². The van der Waals surface area contributed by atoms with Gasteiger partial charge in [0.2, 0.25) is 0 Å². The van der Waals surface area contributed by atoms with Crippen LogP contribution in [0.3, 0.4) is 0 Å². The van der Waals surface area contributed by atoms with Gasteiger partial charge in [0.15, 0.2) is 11.0 Å². The predicted molar refractivity (Wildman–Crippen MR) is 155 cm³/mol. The van der Waals surface area contributed by atoms with Crippen LogP contribution in [-0.4, -0.2) is 45.9 Å². The molecule has 9 nitrogen and oxygen atoms in total. The fourth-order valence-corrected chi connectivity index (χ4v) is 4.66. The number of methoxy groups -OCH3 is 2. The second-order valence-corrected chi connectivity index (χ2v) is 10.1. The van der Waals surface area contributed by atoms with Crippen LogP contribution < -0.4 is 20.2 Å². The summed E-state index contributed by atoms with van der Waals surface area (Å²) in [4.78, 5) is 13.0. The highest BCUT2D eigenvalue weighted by Gasteiger charge is 2.21. The Hall–Kier alpha value is -4.31. The molecule has 202 valence electrons. The van der Waals surface area contributed by atoms with E-state index in [1.165, 1.54) is 17.3 Å². The Morgan fingerprint density at radius 2 is 1.77 bits per heavy atom. The highest BCUT2D eigenvalue weighted by Crippen LogP contribution is 2.27. The van der Waals surface area contributed by atoms with E-state index in [0.29, 0.717) is 28.9 Å². The van der Waals surface area contributed by atoms with Gasteiger partial charge in [0.1, 0.15) is 11.5 Å². The topological polar surface area (TPSA) is 103 Å². The minimum Gasteiger partial charge on any atom is -0.497 e. The molecule has 0 saturated carbocycles. The quantitative estimate of drug-likeness (QED) is 0.151. The van der Waals surface area contributed by atoms with E-state index in [-0.39, 0.29) is 5.91 Å². The summed E-state index contributed by atoms with van der Waals surface area (Å²) in [6, 6.07) is 23.5. The van der Waals surface area contributed by atoms with E-state index in [1.54, 1.807) is 20.3 Å². The van der Waals surface area contributed by atoms with Crippen molar-refractivity contribution in [2.24, 2.45) is 5.10 Å². The van der Waals surface area contributed by atoms with Crippen molar-refractivity contribution >= 4 is 29.1 Å². The number of ether oxygens (including phenoxy) is 2. The summed E-state index contributed by atoms with van der Waals surface area (Å²) < 4.78 is 12.7. The van der Waals surface area contributed by atoms with E-state index in [2.05, 4.69) is 45.1 Å². The summed E-state index contributed by atoms with van der Waals surface area (Å²) >= 11 is 1.32. The van der Waals surface area contributed by atoms with E-state index in [4.69, 9.17) is 9.47 Å². The number of hydrogen-bond acceptors (Lipinski definition) is 8. The molecular weight excluding hydrogens is 512 g/mol. The minimum absolute atomic E-state index is 0.256. The fraction of sp³-hybridized carbons (Fsp3) is 0.241. The molecule has 1 atom stereocenters. The first-order chi connectivity index (χ1) is 18.9. The van der Waals surface area contributed by atoms with Crippen molar-refractivity contribution < 1.29 is 14.3 Å². The molecule has 0 aliphatic rings. The summed E-state index contributed by atoms with van der Waals surface area (Å²) in [7, 11) is 3.17. The van der Waals surface area contributed by atoms with Gasteiger partial charge in [-0.25, -0.2) is 5.43 Å². The number of aryl methyl sites for hydroxylation is 1. The zero-order valence-corrected chi connectivity index (χ0v) is 23.5. The van der Waals surface area contributed by atoms with Crippen LogP contribution in [0, 0.1) is 6.92 Å². The predicted octanol–water partition coefficient (Wildman–Crippen LogP) is 5.23. The van der Waals surface area contributed by atoms with Gasteiger partial charge in [-0.15, -0.1) is 10.2 Å². The number of carbonyl (C=O) groups is 1. The number of para-hydroxylation sites is 1. The maximum absolute atomic E-state index is 13.0. The summed E-state index contributed by atoms with van der Waals surface area (Å²) in [5.74, 6) is 1.76. The van der Waals surface area contributed by atoms with Gasteiger partial charge >= 0.3 is 0 Å². The van der Waals surface area contributed by atoms with Crippen LogP contribution in [0.4, 0.5) is 5.69 Å². The summed E-state index contributed by atoms with van der Waals surface area (Å²) in [6.45, 7) is 6.15. The van der Waals surface area contributed by atoms with Crippen molar-refractivity contribution in [1.82, 2.24) is 20.2 Å². The van der Waals surface area contributed by atoms with E-state index in [1.807, 2.05) is 73.0 Å². The van der Waals surface area contributed by atoms with E-state index in [0.717, 1.165) is 22.8 Å². The van der Waals surface area contributed by atoms with Crippen molar-refractivity contribution in [3.05, 3.63) is 89.7 Å². The van der Waals surface area contributed by atoms with Crippen LogP contribution in [0.25, 0.3) is 5.69 Å². The van der Waals surface area contributed by atoms with Gasteiger partial charge in [0, 0.05) is 23.0 Å². The number of benzene rings is 3. The highest BCUT2D eigenvalue weighted by atomic mass is 32.2. The number of carbonyl (C=O) groups excluding carboxylic acids is 1. The molecule has 1 aromatic heterocycles. The smallest absolute Gasteiger partial charge is 0.253 e. The molecule has 0 saturated heterocycles. The number of nitrogens with one attached hydrogen (secondary N) is 2. The Kier molecular flexibility index (Phi) is 9.22. The van der Waals surface area contributed by atoms with E-state index < -0.39 is 5.25 Å². The molecule has 0 fully saturated rings. The summed E-state index contributed by atoms with van der Waals surface area (Å²) in [5, 5.41) is 16.7. The third kappa shape index (κ3) is 6.97. The molecule has 1 heterocycles. The molecule has 0 aliphatic carbocycles.